The SMILES string of the molecule is CCCC(C)C(=O)N(Cc1ccccc1O)CC1CCCO1. The van der Waals surface area contributed by atoms with Gasteiger partial charge < -0.3 is 14.7 Å². The summed E-state index contributed by atoms with van der Waals surface area (Å²) in [6.07, 6.45) is 4.09. The molecular weight excluding hydrogens is 278 g/mol. The molecule has 2 atom stereocenters. The quantitative estimate of drug-likeness (QED) is 0.840. The first kappa shape index (κ1) is 16.8. The van der Waals surface area contributed by atoms with Gasteiger partial charge in [-0.05, 0) is 25.3 Å². The fraction of sp³-hybridized carbons (Fsp3) is 0.611. The smallest absolute Gasteiger partial charge is 0.225 e. The average molecular weight is 305 g/mol. The van der Waals surface area contributed by atoms with E-state index >= 15 is 0 Å². The Balaban J connectivity index is 2.09. The normalized spacial score (nSPS) is 19.1. The minimum absolute atomic E-state index is 0.0114. The van der Waals surface area contributed by atoms with Crippen molar-refractivity contribution >= 4 is 5.91 Å². The molecule has 0 aromatic heterocycles. The lowest BCUT2D eigenvalue weighted by atomic mass is 10.0. The van der Waals surface area contributed by atoms with Crippen molar-refractivity contribution in [2.45, 2.75) is 52.2 Å². The molecule has 1 amide bonds. The van der Waals surface area contributed by atoms with Crippen LogP contribution in [0, 0.1) is 5.92 Å². The van der Waals surface area contributed by atoms with Crippen molar-refractivity contribution in [3.05, 3.63) is 29.8 Å². The van der Waals surface area contributed by atoms with Crippen LogP contribution in [0.15, 0.2) is 24.3 Å². The number of nitrogens with zero attached hydrogens (tertiary/aromatic N) is 1. The molecule has 22 heavy (non-hydrogen) atoms. The first-order valence-corrected chi connectivity index (χ1v) is 8.29. The molecule has 1 aromatic rings. The molecule has 2 unspecified atom stereocenters. The number of amides is 1. The monoisotopic (exact) mass is 305 g/mol. The van der Waals surface area contributed by atoms with Crippen LogP contribution in [0.4, 0.5) is 0 Å². The fourth-order valence-corrected chi connectivity index (χ4v) is 2.98. The van der Waals surface area contributed by atoms with Gasteiger partial charge in [-0.2, -0.15) is 0 Å². The summed E-state index contributed by atoms with van der Waals surface area (Å²) in [5.74, 6) is 0.411. The van der Waals surface area contributed by atoms with Gasteiger partial charge in [-0.25, -0.2) is 0 Å². The number of carbonyl (C=O) groups excluding carboxylic acids is 1. The Hall–Kier alpha value is -1.55. The van der Waals surface area contributed by atoms with Crippen molar-refractivity contribution in [2.75, 3.05) is 13.2 Å². The minimum Gasteiger partial charge on any atom is -0.508 e. The number of phenolic OH excluding ortho intramolecular Hbond substituents is 1. The van der Waals surface area contributed by atoms with E-state index in [1.807, 2.05) is 24.0 Å². The third kappa shape index (κ3) is 4.47. The first-order chi connectivity index (χ1) is 10.6. The summed E-state index contributed by atoms with van der Waals surface area (Å²) in [5, 5.41) is 9.97. The summed E-state index contributed by atoms with van der Waals surface area (Å²) in [6.45, 7) is 5.92. The molecule has 0 radical (unpaired) electrons. The Morgan fingerprint density at radius 2 is 2.23 bits per heavy atom. The van der Waals surface area contributed by atoms with Gasteiger partial charge in [0.1, 0.15) is 5.75 Å². The fourth-order valence-electron chi connectivity index (χ4n) is 2.98. The Morgan fingerprint density at radius 1 is 1.45 bits per heavy atom. The zero-order valence-corrected chi connectivity index (χ0v) is 13.6. The molecule has 1 N–H and O–H groups in total. The van der Waals surface area contributed by atoms with Crippen LogP contribution >= 0.6 is 0 Å². The van der Waals surface area contributed by atoms with Crippen LogP contribution in [-0.2, 0) is 16.1 Å². The van der Waals surface area contributed by atoms with Crippen molar-refractivity contribution in [1.29, 1.82) is 0 Å². The molecule has 1 aliphatic heterocycles. The molecule has 1 heterocycles. The molecule has 0 saturated carbocycles. The standard InChI is InChI=1S/C18H27NO3/c1-3-7-14(2)18(21)19(13-16-9-6-11-22-16)12-15-8-4-5-10-17(15)20/h4-5,8,10,14,16,20H,3,6-7,9,11-13H2,1-2H3. The molecule has 4 heteroatoms. The molecular formula is C18H27NO3. The molecule has 0 aliphatic carbocycles. The maximum atomic E-state index is 12.7. The summed E-state index contributed by atoms with van der Waals surface area (Å²) in [4.78, 5) is 14.6. The van der Waals surface area contributed by atoms with Crippen molar-refractivity contribution in [3.8, 4) is 5.75 Å². The number of ether oxygens (including phenoxy) is 1. The van der Waals surface area contributed by atoms with E-state index in [-0.39, 0.29) is 23.7 Å². The zero-order valence-electron chi connectivity index (χ0n) is 13.6. The van der Waals surface area contributed by atoms with Crippen LogP contribution in [0.5, 0.6) is 5.75 Å². The van der Waals surface area contributed by atoms with E-state index in [2.05, 4.69) is 6.92 Å². The Kier molecular flexibility index (Phi) is 6.25. The number of phenols is 1. The summed E-state index contributed by atoms with van der Waals surface area (Å²) in [5.41, 5.74) is 0.789. The van der Waals surface area contributed by atoms with E-state index in [1.54, 1.807) is 12.1 Å². The van der Waals surface area contributed by atoms with Crippen LogP contribution in [0.1, 0.15) is 45.1 Å². The predicted molar refractivity (Wildman–Crippen MR) is 86.6 cm³/mol. The lowest BCUT2D eigenvalue weighted by Gasteiger charge is -2.28. The van der Waals surface area contributed by atoms with Crippen molar-refractivity contribution in [2.24, 2.45) is 5.92 Å². The molecule has 1 fully saturated rings. The molecule has 122 valence electrons. The second-order valence-corrected chi connectivity index (χ2v) is 6.17. The number of para-hydroxylation sites is 1. The van der Waals surface area contributed by atoms with Gasteiger partial charge in [-0.15, -0.1) is 0 Å². The Bertz CT molecular complexity index is 483. The maximum absolute atomic E-state index is 12.7. The highest BCUT2D eigenvalue weighted by molar-refractivity contribution is 5.78. The van der Waals surface area contributed by atoms with Gasteiger partial charge in [0.25, 0.3) is 0 Å². The lowest BCUT2D eigenvalue weighted by molar-refractivity contribution is -0.137. The van der Waals surface area contributed by atoms with Crippen LogP contribution in [0.25, 0.3) is 0 Å². The number of rotatable bonds is 7. The van der Waals surface area contributed by atoms with Crippen LogP contribution in [-0.4, -0.2) is 35.2 Å². The van der Waals surface area contributed by atoms with Crippen molar-refractivity contribution < 1.29 is 14.6 Å². The van der Waals surface area contributed by atoms with E-state index in [4.69, 9.17) is 4.74 Å². The van der Waals surface area contributed by atoms with Crippen LogP contribution in [0.2, 0.25) is 0 Å². The molecule has 1 aromatic carbocycles. The highest BCUT2D eigenvalue weighted by Gasteiger charge is 2.26. The van der Waals surface area contributed by atoms with Crippen molar-refractivity contribution in [3.63, 3.8) is 0 Å². The van der Waals surface area contributed by atoms with Gasteiger partial charge in [0.05, 0.1) is 6.10 Å². The number of benzene rings is 1. The second-order valence-electron chi connectivity index (χ2n) is 6.17. The van der Waals surface area contributed by atoms with Gasteiger partial charge >= 0.3 is 0 Å². The van der Waals surface area contributed by atoms with Gasteiger partial charge in [-0.3, -0.25) is 4.79 Å². The molecule has 0 bridgehead atoms. The highest BCUT2D eigenvalue weighted by atomic mass is 16.5. The summed E-state index contributed by atoms with van der Waals surface area (Å²) >= 11 is 0. The summed E-state index contributed by atoms with van der Waals surface area (Å²) in [7, 11) is 0. The topological polar surface area (TPSA) is 49.8 Å². The number of aromatic hydroxyl groups is 1. The van der Waals surface area contributed by atoms with Gasteiger partial charge in [0, 0.05) is 31.2 Å². The molecule has 1 aliphatic rings. The second kappa shape index (κ2) is 8.18. The third-order valence-corrected chi connectivity index (χ3v) is 4.26. The minimum atomic E-state index is 0.0114. The maximum Gasteiger partial charge on any atom is 0.225 e. The van der Waals surface area contributed by atoms with E-state index in [0.29, 0.717) is 13.1 Å². The summed E-state index contributed by atoms with van der Waals surface area (Å²) < 4.78 is 5.68. The number of carbonyl (C=O) groups is 1. The molecule has 0 spiro atoms. The van der Waals surface area contributed by atoms with Gasteiger partial charge in [0.2, 0.25) is 5.91 Å². The average Bonchev–Trinajstić information content (AvgIpc) is 3.01. The predicted octanol–water partition coefficient (Wildman–Crippen LogP) is 3.34. The van der Waals surface area contributed by atoms with Crippen LogP contribution < -0.4 is 0 Å². The van der Waals surface area contributed by atoms with Gasteiger partial charge in [0.15, 0.2) is 0 Å². The van der Waals surface area contributed by atoms with E-state index < -0.39 is 0 Å². The molecule has 1 saturated heterocycles. The zero-order chi connectivity index (χ0) is 15.9. The van der Waals surface area contributed by atoms with Crippen LogP contribution in [0.3, 0.4) is 0 Å². The molecule has 4 nitrogen and oxygen atoms in total. The number of hydrogen-bond donors (Lipinski definition) is 1. The van der Waals surface area contributed by atoms with E-state index in [1.165, 1.54) is 0 Å². The van der Waals surface area contributed by atoms with E-state index in [9.17, 15) is 9.90 Å². The van der Waals surface area contributed by atoms with Crippen molar-refractivity contribution in [1.82, 2.24) is 4.90 Å². The van der Waals surface area contributed by atoms with E-state index in [0.717, 1.165) is 37.9 Å². The van der Waals surface area contributed by atoms with Gasteiger partial charge in [-0.1, -0.05) is 38.5 Å². The largest absolute Gasteiger partial charge is 0.508 e. The Labute approximate surface area is 133 Å². The number of hydrogen-bond acceptors (Lipinski definition) is 3. The Morgan fingerprint density at radius 3 is 2.86 bits per heavy atom. The first-order valence-electron chi connectivity index (χ1n) is 8.29. The molecule has 2 rings (SSSR count). The lowest BCUT2D eigenvalue weighted by Crippen LogP contribution is -2.39. The highest BCUT2D eigenvalue weighted by Crippen LogP contribution is 2.22. The third-order valence-electron chi connectivity index (χ3n) is 4.26. The summed E-state index contributed by atoms with van der Waals surface area (Å²) in [6, 6.07) is 7.22.